The van der Waals surface area contributed by atoms with Crippen molar-refractivity contribution in [1.82, 2.24) is 0 Å². The average Bonchev–Trinajstić information content (AvgIpc) is 2.44. The van der Waals surface area contributed by atoms with Crippen molar-refractivity contribution >= 4 is 5.97 Å². The van der Waals surface area contributed by atoms with Gasteiger partial charge in [0.2, 0.25) is 6.29 Å². The van der Waals surface area contributed by atoms with Gasteiger partial charge in [0.1, 0.15) is 18.8 Å². The second-order valence-electron chi connectivity index (χ2n) is 3.89. The molecular weight excluding hydrogens is 274 g/mol. The SMILES string of the molecule is [N-]=[N+]=NCC(=O)OC1O[C@H](CN=[N+]=[N-])[C@H](O)[C@H](O)[C@H]1N. The van der Waals surface area contributed by atoms with Gasteiger partial charge in [-0.15, -0.1) is 0 Å². The molecule has 0 aromatic heterocycles. The standard InChI is InChI=1S/C8H13N7O5/c9-5-7(18)6(17)3(1-12-14-10)19-8(5)20-4(16)2-13-15-11/h3,5-8,17-18H,1-2,9H2/t3-,5-,6+,7-,8?/m1/s1. The maximum Gasteiger partial charge on any atom is 0.314 e. The van der Waals surface area contributed by atoms with Crippen LogP contribution in [0.1, 0.15) is 0 Å². The number of hydrogen-bond acceptors (Lipinski definition) is 8. The third-order valence-corrected chi connectivity index (χ3v) is 2.58. The number of esters is 1. The van der Waals surface area contributed by atoms with Crippen molar-refractivity contribution in [2.24, 2.45) is 16.0 Å². The highest BCUT2D eigenvalue weighted by Crippen LogP contribution is 2.21. The van der Waals surface area contributed by atoms with Gasteiger partial charge in [0, 0.05) is 9.82 Å². The molecule has 0 amide bonds. The van der Waals surface area contributed by atoms with Gasteiger partial charge in [0.05, 0.1) is 18.7 Å². The molecule has 1 aliphatic rings. The third-order valence-electron chi connectivity index (χ3n) is 2.58. The number of carbonyl (C=O) groups excluding carboxylic acids is 1. The molecule has 110 valence electrons. The first-order chi connectivity index (χ1) is 9.51. The van der Waals surface area contributed by atoms with E-state index < -0.39 is 43.2 Å². The molecule has 1 heterocycles. The van der Waals surface area contributed by atoms with Crippen molar-refractivity contribution in [2.75, 3.05) is 13.1 Å². The molecule has 1 rings (SSSR count). The normalized spacial score (nSPS) is 32.6. The quantitative estimate of drug-likeness (QED) is 0.248. The maximum atomic E-state index is 11.3. The van der Waals surface area contributed by atoms with E-state index >= 15 is 0 Å². The zero-order chi connectivity index (χ0) is 15.1. The van der Waals surface area contributed by atoms with Crippen LogP contribution in [0.4, 0.5) is 0 Å². The molecular formula is C8H13N7O5. The number of carbonyl (C=O) groups is 1. The van der Waals surface area contributed by atoms with E-state index in [1.165, 1.54) is 0 Å². The predicted octanol–water partition coefficient (Wildman–Crippen LogP) is -1.08. The molecule has 1 saturated heterocycles. The van der Waals surface area contributed by atoms with Gasteiger partial charge in [0.25, 0.3) is 0 Å². The fourth-order valence-corrected chi connectivity index (χ4v) is 1.58. The van der Waals surface area contributed by atoms with Crippen LogP contribution in [0.15, 0.2) is 10.2 Å². The summed E-state index contributed by atoms with van der Waals surface area (Å²) in [4.78, 5) is 16.1. The van der Waals surface area contributed by atoms with Crippen molar-refractivity contribution in [3.63, 3.8) is 0 Å². The molecule has 5 atom stereocenters. The minimum Gasteiger partial charge on any atom is -0.434 e. The summed E-state index contributed by atoms with van der Waals surface area (Å²) in [5.41, 5.74) is 21.8. The Kier molecular flexibility index (Phi) is 6.00. The van der Waals surface area contributed by atoms with Crippen LogP contribution in [0, 0.1) is 0 Å². The summed E-state index contributed by atoms with van der Waals surface area (Å²) in [7, 11) is 0. The number of nitrogens with zero attached hydrogens (tertiary/aromatic N) is 6. The van der Waals surface area contributed by atoms with E-state index in [-0.39, 0.29) is 6.54 Å². The number of ether oxygens (including phenoxy) is 2. The smallest absolute Gasteiger partial charge is 0.314 e. The van der Waals surface area contributed by atoms with Gasteiger partial charge in [-0.2, -0.15) is 0 Å². The molecule has 4 N–H and O–H groups in total. The predicted molar refractivity (Wildman–Crippen MR) is 62.8 cm³/mol. The Hall–Kier alpha value is -2.07. The number of hydrogen-bond donors (Lipinski definition) is 3. The summed E-state index contributed by atoms with van der Waals surface area (Å²) in [6, 6.07) is -1.19. The van der Waals surface area contributed by atoms with Gasteiger partial charge in [-0.3, -0.25) is 4.79 Å². The van der Waals surface area contributed by atoms with Crippen LogP contribution in [0.2, 0.25) is 0 Å². The Morgan fingerprint density at radius 3 is 2.55 bits per heavy atom. The van der Waals surface area contributed by atoms with Gasteiger partial charge in [-0.1, -0.05) is 10.2 Å². The van der Waals surface area contributed by atoms with Crippen molar-refractivity contribution in [3.8, 4) is 0 Å². The lowest BCUT2D eigenvalue weighted by Gasteiger charge is -2.40. The van der Waals surface area contributed by atoms with Gasteiger partial charge in [-0.05, 0) is 11.1 Å². The number of azide groups is 2. The summed E-state index contributed by atoms with van der Waals surface area (Å²) >= 11 is 0. The second kappa shape index (κ2) is 7.50. The monoisotopic (exact) mass is 287 g/mol. The molecule has 0 saturated carbocycles. The molecule has 0 radical (unpaired) electrons. The Morgan fingerprint density at radius 2 is 1.95 bits per heavy atom. The van der Waals surface area contributed by atoms with Crippen LogP contribution in [0.5, 0.6) is 0 Å². The molecule has 0 aromatic carbocycles. The maximum absolute atomic E-state index is 11.3. The zero-order valence-corrected chi connectivity index (χ0v) is 10.2. The van der Waals surface area contributed by atoms with Crippen molar-refractivity contribution in [2.45, 2.75) is 30.6 Å². The first kappa shape index (κ1) is 16.0. The lowest BCUT2D eigenvalue weighted by Crippen LogP contribution is -2.62. The van der Waals surface area contributed by atoms with Crippen molar-refractivity contribution in [3.05, 3.63) is 20.9 Å². The zero-order valence-electron chi connectivity index (χ0n) is 10.2. The Labute approximate surface area is 112 Å². The summed E-state index contributed by atoms with van der Waals surface area (Å²) in [5.74, 6) is -0.908. The number of aliphatic hydroxyl groups excluding tert-OH is 2. The molecule has 1 unspecified atom stereocenters. The van der Waals surface area contributed by atoms with E-state index in [1.807, 2.05) is 0 Å². The first-order valence-electron chi connectivity index (χ1n) is 5.49. The number of aliphatic hydroxyl groups is 2. The summed E-state index contributed by atoms with van der Waals surface area (Å²) in [6.07, 6.45) is -5.24. The number of rotatable bonds is 5. The molecule has 1 aliphatic heterocycles. The minimum atomic E-state index is -1.43. The van der Waals surface area contributed by atoms with E-state index in [9.17, 15) is 15.0 Å². The molecule has 12 nitrogen and oxygen atoms in total. The van der Waals surface area contributed by atoms with Crippen molar-refractivity contribution in [1.29, 1.82) is 0 Å². The van der Waals surface area contributed by atoms with Crippen molar-refractivity contribution < 1.29 is 24.5 Å². The van der Waals surface area contributed by atoms with Crippen LogP contribution in [0.25, 0.3) is 20.9 Å². The molecule has 0 spiro atoms. The summed E-state index contributed by atoms with van der Waals surface area (Å²) in [6.45, 7) is -0.839. The van der Waals surface area contributed by atoms with Gasteiger partial charge >= 0.3 is 5.97 Å². The topological polar surface area (TPSA) is 200 Å². The van der Waals surface area contributed by atoms with Gasteiger partial charge in [-0.25, -0.2) is 0 Å². The Bertz CT molecular complexity index is 446. The van der Waals surface area contributed by atoms with Crippen LogP contribution in [-0.4, -0.2) is 59.9 Å². The van der Waals surface area contributed by atoms with Gasteiger partial charge in [0.15, 0.2) is 0 Å². The highest BCUT2D eigenvalue weighted by molar-refractivity contribution is 5.71. The van der Waals surface area contributed by atoms with Crippen LogP contribution in [0.3, 0.4) is 0 Å². The summed E-state index contributed by atoms with van der Waals surface area (Å²) < 4.78 is 9.93. The third kappa shape index (κ3) is 3.96. The van der Waals surface area contributed by atoms with E-state index in [4.69, 9.17) is 26.3 Å². The fourth-order valence-electron chi connectivity index (χ4n) is 1.58. The molecule has 0 bridgehead atoms. The van der Waals surface area contributed by atoms with E-state index in [1.54, 1.807) is 0 Å². The lowest BCUT2D eigenvalue weighted by atomic mass is 9.97. The molecule has 1 fully saturated rings. The van der Waals surface area contributed by atoms with E-state index in [0.29, 0.717) is 0 Å². The highest BCUT2D eigenvalue weighted by atomic mass is 16.7. The number of nitrogens with two attached hydrogens (primary N) is 1. The van der Waals surface area contributed by atoms with Crippen LogP contribution >= 0.6 is 0 Å². The molecule has 12 heteroatoms. The second-order valence-corrected chi connectivity index (χ2v) is 3.89. The Balaban J connectivity index is 2.71. The summed E-state index contributed by atoms with van der Waals surface area (Å²) in [5, 5.41) is 25.6. The molecule has 0 aliphatic carbocycles. The van der Waals surface area contributed by atoms with Crippen LogP contribution in [-0.2, 0) is 14.3 Å². The highest BCUT2D eigenvalue weighted by Gasteiger charge is 2.44. The van der Waals surface area contributed by atoms with E-state index in [2.05, 4.69) is 20.1 Å². The molecule has 0 aromatic rings. The Morgan fingerprint density at radius 1 is 1.30 bits per heavy atom. The average molecular weight is 287 g/mol. The van der Waals surface area contributed by atoms with Gasteiger partial charge < -0.3 is 25.4 Å². The lowest BCUT2D eigenvalue weighted by molar-refractivity contribution is -0.250. The first-order valence-corrected chi connectivity index (χ1v) is 5.49. The van der Waals surface area contributed by atoms with Crippen LogP contribution < -0.4 is 5.73 Å². The fraction of sp³-hybridized carbons (Fsp3) is 0.875. The minimum absolute atomic E-state index is 0.272. The van der Waals surface area contributed by atoms with E-state index in [0.717, 1.165) is 0 Å². The molecule has 20 heavy (non-hydrogen) atoms. The largest absolute Gasteiger partial charge is 0.434 e.